The Bertz CT molecular complexity index is 794. The number of anilines is 2. The van der Waals surface area contributed by atoms with E-state index in [0.29, 0.717) is 6.54 Å². The third kappa shape index (κ3) is 3.71. The Morgan fingerprint density at radius 3 is 2.50 bits per heavy atom. The SMILES string of the molecule is Clc1cccc(CN=C2Nc3ccccc3NC23CCCNCCC3)c1. The van der Waals surface area contributed by atoms with Crippen LogP contribution in [0.4, 0.5) is 11.4 Å². The number of benzene rings is 2. The number of hydrogen-bond donors (Lipinski definition) is 3. The van der Waals surface area contributed by atoms with Crippen LogP contribution in [0, 0.1) is 0 Å². The zero-order valence-electron chi connectivity index (χ0n) is 14.9. The summed E-state index contributed by atoms with van der Waals surface area (Å²) >= 11 is 6.13. The molecular formula is C21H25ClN4. The molecule has 1 saturated heterocycles. The summed E-state index contributed by atoms with van der Waals surface area (Å²) in [7, 11) is 0. The van der Waals surface area contributed by atoms with Crippen molar-refractivity contribution in [2.45, 2.75) is 37.8 Å². The second kappa shape index (κ2) is 7.68. The van der Waals surface area contributed by atoms with Gasteiger partial charge in [0.05, 0.1) is 23.5 Å². The van der Waals surface area contributed by atoms with Gasteiger partial charge in [-0.25, -0.2) is 0 Å². The maximum atomic E-state index is 6.13. The summed E-state index contributed by atoms with van der Waals surface area (Å²) in [6.07, 6.45) is 4.39. The van der Waals surface area contributed by atoms with Crippen molar-refractivity contribution in [2.24, 2.45) is 4.99 Å². The van der Waals surface area contributed by atoms with E-state index in [1.807, 2.05) is 18.2 Å². The van der Waals surface area contributed by atoms with E-state index in [1.54, 1.807) is 0 Å². The van der Waals surface area contributed by atoms with Crippen LogP contribution in [0.5, 0.6) is 0 Å². The first-order chi connectivity index (χ1) is 12.8. The van der Waals surface area contributed by atoms with Crippen LogP contribution < -0.4 is 16.0 Å². The van der Waals surface area contributed by atoms with E-state index in [0.717, 1.165) is 60.9 Å². The maximum absolute atomic E-state index is 6.13. The van der Waals surface area contributed by atoms with Gasteiger partial charge in [0.2, 0.25) is 0 Å². The molecule has 0 bridgehead atoms. The molecule has 2 aliphatic rings. The van der Waals surface area contributed by atoms with E-state index in [1.165, 1.54) is 5.69 Å². The predicted molar refractivity (Wildman–Crippen MR) is 110 cm³/mol. The Kier molecular flexibility index (Phi) is 5.14. The van der Waals surface area contributed by atoms with E-state index in [9.17, 15) is 0 Å². The summed E-state index contributed by atoms with van der Waals surface area (Å²) in [5.41, 5.74) is 3.29. The van der Waals surface area contributed by atoms with Crippen molar-refractivity contribution in [3.63, 3.8) is 0 Å². The highest BCUT2D eigenvalue weighted by Crippen LogP contribution is 2.36. The molecule has 3 N–H and O–H groups in total. The first-order valence-electron chi connectivity index (χ1n) is 9.40. The molecule has 136 valence electrons. The molecule has 1 spiro atoms. The van der Waals surface area contributed by atoms with Crippen LogP contribution in [0.1, 0.15) is 31.2 Å². The largest absolute Gasteiger partial charge is 0.371 e. The van der Waals surface area contributed by atoms with Gasteiger partial charge in [-0.1, -0.05) is 35.9 Å². The molecule has 4 rings (SSSR count). The van der Waals surface area contributed by atoms with Gasteiger partial charge in [-0.05, 0) is 68.6 Å². The zero-order chi connectivity index (χ0) is 17.8. The fourth-order valence-corrected chi connectivity index (χ4v) is 4.12. The normalized spacial score (nSPS) is 20.6. The Balaban J connectivity index is 1.67. The molecule has 0 amide bonds. The lowest BCUT2D eigenvalue weighted by atomic mass is 9.83. The average molecular weight is 369 g/mol. The lowest BCUT2D eigenvalue weighted by Crippen LogP contribution is -2.54. The molecule has 0 radical (unpaired) electrons. The first-order valence-corrected chi connectivity index (χ1v) is 9.77. The van der Waals surface area contributed by atoms with Crippen molar-refractivity contribution >= 4 is 28.8 Å². The van der Waals surface area contributed by atoms with Crippen molar-refractivity contribution in [1.29, 1.82) is 0 Å². The van der Waals surface area contributed by atoms with E-state index < -0.39 is 0 Å². The summed E-state index contributed by atoms with van der Waals surface area (Å²) in [4.78, 5) is 5.01. The minimum absolute atomic E-state index is 0.116. The number of amidine groups is 1. The van der Waals surface area contributed by atoms with Gasteiger partial charge in [0.25, 0.3) is 0 Å². The predicted octanol–water partition coefficient (Wildman–Crippen LogP) is 4.68. The second-order valence-electron chi connectivity index (χ2n) is 7.13. The molecular weight excluding hydrogens is 344 g/mol. The van der Waals surface area contributed by atoms with Crippen molar-refractivity contribution in [1.82, 2.24) is 5.32 Å². The molecule has 0 atom stereocenters. The lowest BCUT2D eigenvalue weighted by molar-refractivity contribution is 0.429. The Morgan fingerprint density at radius 2 is 1.73 bits per heavy atom. The number of hydrogen-bond acceptors (Lipinski definition) is 3. The van der Waals surface area contributed by atoms with Crippen molar-refractivity contribution in [2.75, 3.05) is 23.7 Å². The number of fused-ring (bicyclic) bond motifs is 1. The van der Waals surface area contributed by atoms with Crippen LogP contribution in [-0.2, 0) is 6.54 Å². The molecule has 0 unspecified atom stereocenters. The number of halogens is 1. The fraction of sp³-hybridized carbons (Fsp3) is 0.381. The number of nitrogens with one attached hydrogen (secondary N) is 3. The Morgan fingerprint density at radius 1 is 0.962 bits per heavy atom. The Hall–Kier alpha value is -2.04. The average Bonchev–Trinajstić information content (AvgIpc) is 2.63. The van der Waals surface area contributed by atoms with Gasteiger partial charge < -0.3 is 16.0 Å². The molecule has 0 aliphatic carbocycles. The van der Waals surface area contributed by atoms with E-state index in [2.05, 4.69) is 46.3 Å². The molecule has 5 heteroatoms. The highest BCUT2D eigenvalue weighted by Gasteiger charge is 2.39. The van der Waals surface area contributed by atoms with Crippen molar-refractivity contribution < 1.29 is 0 Å². The Labute approximate surface area is 160 Å². The third-order valence-electron chi connectivity index (χ3n) is 5.23. The fourth-order valence-electron chi connectivity index (χ4n) is 3.90. The van der Waals surface area contributed by atoms with E-state index in [-0.39, 0.29) is 5.54 Å². The van der Waals surface area contributed by atoms with Crippen molar-refractivity contribution in [3.05, 3.63) is 59.1 Å². The minimum atomic E-state index is -0.116. The van der Waals surface area contributed by atoms with Crippen LogP contribution >= 0.6 is 11.6 Å². The monoisotopic (exact) mass is 368 g/mol. The summed E-state index contributed by atoms with van der Waals surface area (Å²) in [5, 5.41) is 11.7. The highest BCUT2D eigenvalue weighted by atomic mass is 35.5. The lowest BCUT2D eigenvalue weighted by Gasteiger charge is -2.43. The molecule has 4 nitrogen and oxygen atoms in total. The van der Waals surface area contributed by atoms with Gasteiger partial charge in [0, 0.05) is 5.02 Å². The standard InChI is InChI=1S/C21H25ClN4/c22-17-7-3-6-16(14-17)15-24-20-21(10-4-12-23-13-5-11-21)26-19-9-2-1-8-18(19)25-20/h1-3,6-9,14,23,26H,4-5,10-13,15H2,(H,24,25). The van der Waals surface area contributed by atoms with Gasteiger partial charge in [0.1, 0.15) is 5.84 Å². The molecule has 2 aliphatic heterocycles. The van der Waals surface area contributed by atoms with Crippen LogP contribution in [0.2, 0.25) is 5.02 Å². The molecule has 2 heterocycles. The number of rotatable bonds is 2. The number of para-hydroxylation sites is 2. The van der Waals surface area contributed by atoms with E-state index >= 15 is 0 Å². The highest BCUT2D eigenvalue weighted by molar-refractivity contribution is 6.30. The molecule has 0 aromatic heterocycles. The van der Waals surface area contributed by atoms with Crippen LogP contribution in [-0.4, -0.2) is 24.5 Å². The second-order valence-corrected chi connectivity index (χ2v) is 7.57. The number of aliphatic imine (C=N–C) groups is 1. The van der Waals surface area contributed by atoms with Gasteiger partial charge in [-0.2, -0.15) is 0 Å². The molecule has 0 saturated carbocycles. The zero-order valence-corrected chi connectivity index (χ0v) is 15.6. The summed E-state index contributed by atoms with van der Waals surface area (Å²) in [6, 6.07) is 16.3. The third-order valence-corrected chi connectivity index (χ3v) is 5.47. The number of nitrogens with zero attached hydrogens (tertiary/aromatic N) is 1. The summed E-state index contributed by atoms with van der Waals surface area (Å²) in [6.45, 7) is 2.76. The van der Waals surface area contributed by atoms with Crippen molar-refractivity contribution in [3.8, 4) is 0 Å². The summed E-state index contributed by atoms with van der Waals surface area (Å²) in [5.74, 6) is 1.05. The molecule has 26 heavy (non-hydrogen) atoms. The van der Waals surface area contributed by atoms with Gasteiger partial charge in [0.15, 0.2) is 0 Å². The molecule has 2 aromatic rings. The quantitative estimate of drug-likeness (QED) is 0.721. The van der Waals surface area contributed by atoms with Crippen LogP contribution in [0.25, 0.3) is 0 Å². The van der Waals surface area contributed by atoms with Crippen LogP contribution in [0.15, 0.2) is 53.5 Å². The van der Waals surface area contributed by atoms with Gasteiger partial charge >= 0.3 is 0 Å². The minimum Gasteiger partial charge on any atom is -0.371 e. The molecule has 1 fully saturated rings. The maximum Gasteiger partial charge on any atom is 0.127 e. The molecule has 2 aromatic carbocycles. The smallest absolute Gasteiger partial charge is 0.127 e. The topological polar surface area (TPSA) is 48.5 Å². The van der Waals surface area contributed by atoms with Crippen LogP contribution in [0.3, 0.4) is 0 Å². The van der Waals surface area contributed by atoms with E-state index in [4.69, 9.17) is 16.6 Å². The summed E-state index contributed by atoms with van der Waals surface area (Å²) < 4.78 is 0. The van der Waals surface area contributed by atoms with Gasteiger partial charge in [-0.3, -0.25) is 4.99 Å². The van der Waals surface area contributed by atoms with Gasteiger partial charge in [-0.15, -0.1) is 0 Å². The first kappa shape index (κ1) is 17.4.